The van der Waals surface area contributed by atoms with Crippen LogP contribution in [-0.2, 0) is 6.18 Å². The quantitative estimate of drug-likeness (QED) is 0.340. The predicted octanol–water partition coefficient (Wildman–Crippen LogP) is 6.26. The third-order valence-corrected chi connectivity index (χ3v) is 7.33. The summed E-state index contributed by atoms with van der Waals surface area (Å²) < 4.78 is 38.1. The molecule has 1 aliphatic rings. The third kappa shape index (κ3) is 5.82. The molecule has 0 aliphatic heterocycles. The number of halogens is 3. The van der Waals surface area contributed by atoms with Crippen LogP contribution in [0, 0.1) is 0 Å². The molecule has 4 aromatic rings. The van der Waals surface area contributed by atoms with Gasteiger partial charge in [0.05, 0.1) is 18.0 Å². The van der Waals surface area contributed by atoms with Crippen molar-refractivity contribution in [3.63, 3.8) is 0 Å². The van der Waals surface area contributed by atoms with Crippen LogP contribution < -0.4 is 5.32 Å². The third-order valence-electron chi connectivity index (χ3n) is 5.98. The summed E-state index contributed by atoms with van der Waals surface area (Å²) >= 11 is 1.88. The van der Waals surface area contributed by atoms with E-state index in [1.807, 2.05) is 23.9 Å². The average Bonchev–Trinajstić information content (AvgIpc) is 3.41. The number of benzene rings is 1. The summed E-state index contributed by atoms with van der Waals surface area (Å²) in [6.45, 7) is 0. The van der Waals surface area contributed by atoms with Crippen molar-refractivity contribution in [1.82, 2.24) is 25.0 Å². The lowest BCUT2D eigenvalue weighted by Crippen LogP contribution is -2.27. The zero-order valence-electron chi connectivity index (χ0n) is 18.7. The highest BCUT2D eigenvalue weighted by Crippen LogP contribution is 2.36. The molecule has 0 atom stereocenters. The van der Waals surface area contributed by atoms with Gasteiger partial charge in [-0.1, -0.05) is 12.1 Å². The van der Waals surface area contributed by atoms with Crippen LogP contribution in [0.25, 0.3) is 16.9 Å². The van der Waals surface area contributed by atoms with Crippen LogP contribution in [0.1, 0.15) is 31.2 Å². The molecule has 6 nitrogen and oxygen atoms in total. The maximum atomic E-state index is 12.7. The van der Waals surface area contributed by atoms with Crippen molar-refractivity contribution in [3.8, 4) is 16.9 Å². The Hall–Kier alpha value is -3.40. The van der Waals surface area contributed by atoms with Gasteiger partial charge in [0.15, 0.2) is 5.82 Å². The van der Waals surface area contributed by atoms with Crippen molar-refractivity contribution < 1.29 is 13.2 Å². The summed E-state index contributed by atoms with van der Waals surface area (Å²) in [5.74, 6) is 1.16. The van der Waals surface area contributed by atoms with Crippen molar-refractivity contribution in [2.75, 3.05) is 5.32 Å². The minimum atomic E-state index is -4.36. The molecule has 1 fully saturated rings. The number of thioether (sulfide) groups is 1. The van der Waals surface area contributed by atoms with Crippen molar-refractivity contribution in [2.24, 2.45) is 0 Å². The van der Waals surface area contributed by atoms with Crippen molar-refractivity contribution in [2.45, 2.75) is 48.0 Å². The van der Waals surface area contributed by atoms with Crippen LogP contribution in [0.3, 0.4) is 0 Å². The second-order valence-electron chi connectivity index (χ2n) is 8.41. The smallest absolute Gasteiger partial charge is 0.367 e. The molecule has 180 valence electrons. The number of pyridine rings is 2. The molecule has 0 spiro atoms. The Kier molecular flexibility index (Phi) is 6.72. The maximum absolute atomic E-state index is 12.7. The molecule has 0 radical (unpaired) electrons. The molecular formula is C25H23F3N6S. The summed E-state index contributed by atoms with van der Waals surface area (Å²) in [4.78, 5) is 11.0. The number of nitrogens with zero attached hydrogens (tertiary/aromatic N) is 5. The molecule has 1 saturated carbocycles. The fourth-order valence-corrected chi connectivity index (χ4v) is 5.33. The molecule has 0 bridgehead atoms. The first-order valence-electron chi connectivity index (χ1n) is 11.3. The largest absolute Gasteiger partial charge is 0.417 e. The van der Waals surface area contributed by atoms with Crippen molar-refractivity contribution in [3.05, 3.63) is 78.9 Å². The van der Waals surface area contributed by atoms with Gasteiger partial charge in [-0.2, -0.15) is 23.4 Å². The average molecular weight is 497 g/mol. The Bertz CT molecular complexity index is 1240. The van der Waals surface area contributed by atoms with E-state index in [1.165, 1.54) is 15.8 Å². The number of anilines is 1. The van der Waals surface area contributed by atoms with Crippen LogP contribution >= 0.6 is 11.8 Å². The Balaban J connectivity index is 1.14. The van der Waals surface area contributed by atoms with E-state index in [-0.39, 0.29) is 6.04 Å². The highest BCUT2D eigenvalue weighted by molar-refractivity contribution is 8.00. The second kappa shape index (κ2) is 10.1. The molecule has 1 aromatic carbocycles. The fourth-order valence-electron chi connectivity index (χ4n) is 4.14. The van der Waals surface area contributed by atoms with E-state index < -0.39 is 11.7 Å². The van der Waals surface area contributed by atoms with Gasteiger partial charge in [-0.15, -0.1) is 16.6 Å². The van der Waals surface area contributed by atoms with E-state index in [9.17, 15) is 13.2 Å². The molecule has 3 aromatic heterocycles. The Morgan fingerprint density at radius 2 is 1.57 bits per heavy atom. The summed E-state index contributed by atoms with van der Waals surface area (Å²) in [6.07, 6.45) is 5.50. The van der Waals surface area contributed by atoms with Gasteiger partial charge in [-0.05, 0) is 73.2 Å². The molecule has 35 heavy (non-hydrogen) atoms. The van der Waals surface area contributed by atoms with E-state index in [0.717, 1.165) is 49.1 Å². The van der Waals surface area contributed by atoms with E-state index in [2.05, 4.69) is 49.7 Å². The van der Waals surface area contributed by atoms with Gasteiger partial charge >= 0.3 is 6.18 Å². The number of nitrogens with one attached hydrogen (secondary N) is 1. The lowest BCUT2D eigenvalue weighted by molar-refractivity contribution is -0.137. The minimum absolute atomic E-state index is 0.226. The van der Waals surface area contributed by atoms with Crippen LogP contribution in [-0.4, -0.2) is 36.3 Å². The first-order chi connectivity index (χ1) is 16.9. The number of rotatable bonds is 6. The monoisotopic (exact) mass is 496 g/mol. The van der Waals surface area contributed by atoms with Crippen LogP contribution in [0.2, 0.25) is 0 Å². The second-order valence-corrected chi connectivity index (χ2v) is 9.79. The van der Waals surface area contributed by atoms with Gasteiger partial charge in [-0.3, -0.25) is 0 Å². The van der Waals surface area contributed by atoms with Crippen LogP contribution in [0.4, 0.5) is 19.0 Å². The molecule has 0 unspecified atom stereocenters. The number of alkyl halides is 3. The van der Waals surface area contributed by atoms with Gasteiger partial charge in [-0.25, -0.2) is 9.97 Å². The molecule has 3 heterocycles. The van der Waals surface area contributed by atoms with Gasteiger partial charge in [0.1, 0.15) is 5.82 Å². The SMILES string of the molecule is FC(F)(F)c1ccc(N[C@H]2CC[C@H](Sc3ccc(-c4ccnc(-n5nccn5)c4)cc3)CC2)nc1. The maximum Gasteiger partial charge on any atom is 0.417 e. The Labute approximate surface area is 205 Å². The zero-order chi connectivity index (χ0) is 24.3. The van der Waals surface area contributed by atoms with E-state index in [4.69, 9.17) is 0 Å². The standard InChI is InChI=1S/C25H23F3N6S/c26-25(27,28)19-3-10-23(30-16-19)33-20-4-8-22(9-5-20)35-21-6-1-17(2-7-21)18-11-12-29-24(15-18)34-31-13-14-32-34/h1-3,6-7,10-16,20,22H,4-5,8-9H2,(H,30,33)/t20-,22-. The lowest BCUT2D eigenvalue weighted by atomic mass is 9.95. The Morgan fingerprint density at radius 1 is 0.829 bits per heavy atom. The highest BCUT2D eigenvalue weighted by atomic mass is 32.2. The normalized spacial score (nSPS) is 18.4. The predicted molar refractivity (Wildman–Crippen MR) is 129 cm³/mol. The fraction of sp³-hybridized carbons (Fsp3) is 0.280. The summed E-state index contributed by atoms with van der Waals surface area (Å²) in [6, 6.07) is 15.1. The molecule has 5 rings (SSSR count). The topological polar surface area (TPSA) is 68.5 Å². The van der Waals surface area contributed by atoms with Crippen LogP contribution in [0.5, 0.6) is 0 Å². The number of hydrogen-bond donors (Lipinski definition) is 1. The van der Waals surface area contributed by atoms with Gasteiger partial charge < -0.3 is 5.32 Å². The summed E-state index contributed by atoms with van der Waals surface area (Å²) in [5, 5.41) is 12.1. The van der Waals surface area contributed by atoms with Crippen LogP contribution in [0.15, 0.2) is 78.2 Å². The first kappa shape index (κ1) is 23.3. The number of aromatic nitrogens is 5. The summed E-state index contributed by atoms with van der Waals surface area (Å²) in [5.41, 5.74) is 1.42. The van der Waals surface area contributed by atoms with E-state index in [1.54, 1.807) is 18.6 Å². The number of hydrogen-bond acceptors (Lipinski definition) is 6. The first-order valence-corrected chi connectivity index (χ1v) is 12.2. The van der Waals surface area contributed by atoms with Crippen molar-refractivity contribution >= 4 is 17.6 Å². The van der Waals surface area contributed by atoms with Gasteiger partial charge in [0, 0.05) is 28.6 Å². The Morgan fingerprint density at radius 3 is 2.23 bits per heavy atom. The van der Waals surface area contributed by atoms with Gasteiger partial charge in [0.25, 0.3) is 0 Å². The molecule has 0 saturated heterocycles. The molecule has 0 amide bonds. The van der Waals surface area contributed by atoms with E-state index in [0.29, 0.717) is 16.9 Å². The minimum Gasteiger partial charge on any atom is -0.367 e. The highest BCUT2D eigenvalue weighted by Gasteiger charge is 2.31. The van der Waals surface area contributed by atoms with E-state index >= 15 is 0 Å². The van der Waals surface area contributed by atoms with Gasteiger partial charge in [0.2, 0.25) is 0 Å². The van der Waals surface area contributed by atoms with Crippen molar-refractivity contribution in [1.29, 1.82) is 0 Å². The zero-order valence-corrected chi connectivity index (χ0v) is 19.5. The molecule has 1 aliphatic carbocycles. The summed E-state index contributed by atoms with van der Waals surface area (Å²) in [7, 11) is 0. The molecular weight excluding hydrogens is 473 g/mol. The lowest BCUT2D eigenvalue weighted by Gasteiger charge is -2.29. The molecule has 1 N–H and O–H groups in total. The molecule has 10 heteroatoms.